The number of nitrogens with zero attached hydrogens (tertiary/aromatic N) is 3. The number of fused-ring (bicyclic) bond motifs is 1. The molecule has 102 valence electrons. The number of carbonyl (C=O) groups is 1. The van der Waals surface area contributed by atoms with Crippen LogP contribution in [0.15, 0.2) is 34.7 Å². The van der Waals surface area contributed by atoms with Gasteiger partial charge in [-0.2, -0.15) is 0 Å². The van der Waals surface area contributed by atoms with Crippen LogP contribution in [-0.4, -0.2) is 20.9 Å². The molecule has 0 spiro atoms. The molecule has 7 heteroatoms. The number of para-hydroxylation sites is 1. The lowest BCUT2D eigenvalue weighted by atomic mass is 10.2. The third kappa shape index (κ3) is 2.04. The molecule has 0 aliphatic rings. The van der Waals surface area contributed by atoms with Crippen molar-refractivity contribution in [2.24, 2.45) is 5.84 Å². The van der Waals surface area contributed by atoms with Crippen molar-refractivity contribution >= 4 is 16.9 Å². The molecule has 0 bridgehead atoms. The van der Waals surface area contributed by atoms with Gasteiger partial charge in [-0.3, -0.25) is 10.2 Å². The zero-order valence-electron chi connectivity index (χ0n) is 10.8. The van der Waals surface area contributed by atoms with E-state index in [1.807, 2.05) is 29.7 Å². The number of hydrogen-bond donors (Lipinski definition) is 2. The molecule has 0 saturated heterocycles. The van der Waals surface area contributed by atoms with Gasteiger partial charge in [0.1, 0.15) is 11.3 Å². The number of rotatable bonds is 3. The molecule has 1 amide bonds. The van der Waals surface area contributed by atoms with Gasteiger partial charge in [0.25, 0.3) is 0 Å². The Morgan fingerprint density at radius 3 is 3.05 bits per heavy atom. The predicted molar refractivity (Wildman–Crippen MR) is 71.7 cm³/mol. The fourth-order valence-electron chi connectivity index (χ4n) is 2.06. The number of hydrogen-bond acceptors (Lipinski definition) is 5. The van der Waals surface area contributed by atoms with E-state index in [4.69, 9.17) is 10.3 Å². The molecule has 0 radical (unpaired) electrons. The van der Waals surface area contributed by atoms with E-state index >= 15 is 0 Å². The van der Waals surface area contributed by atoms with Gasteiger partial charge < -0.3 is 4.42 Å². The summed E-state index contributed by atoms with van der Waals surface area (Å²) in [5.74, 6) is 5.47. The minimum atomic E-state index is -0.456. The monoisotopic (exact) mass is 271 g/mol. The molecule has 20 heavy (non-hydrogen) atoms. The SMILES string of the molecule is Cc1oc(C(=O)NN)cc1Cn1nnc2ccccc21. The number of hydrazine groups is 1. The van der Waals surface area contributed by atoms with Gasteiger partial charge in [-0.05, 0) is 25.1 Å². The molecule has 0 saturated carbocycles. The van der Waals surface area contributed by atoms with E-state index in [0.29, 0.717) is 12.3 Å². The zero-order chi connectivity index (χ0) is 14.1. The number of aromatic nitrogens is 3. The van der Waals surface area contributed by atoms with Crippen molar-refractivity contribution in [2.45, 2.75) is 13.5 Å². The van der Waals surface area contributed by atoms with Crippen LogP contribution in [0.1, 0.15) is 21.9 Å². The molecular formula is C13H13N5O2. The summed E-state index contributed by atoms with van der Waals surface area (Å²) in [5.41, 5.74) is 4.66. The van der Waals surface area contributed by atoms with Crippen LogP contribution in [0.2, 0.25) is 0 Å². The number of nitrogens with two attached hydrogens (primary N) is 1. The first-order valence-corrected chi connectivity index (χ1v) is 6.07. The number of aryl methyl sites for hydroxylation is 1. The van der Waals surface area contributed by atoms with Crippen LogP contribution in [0.25, 0.3) is 11.0 Å². The molecule has 7 nitrogen and oxygen atoms in total. The average Bonchev–Trinajstić information content (AvgIpc) is 3.04. The Labute approximate surface area is 114 Å². The van der Waals surface area contributed by atoms with E-state index in [1.165, 1.54) is 0 Å². The van der Waals surface area contributed by atoms with E-state index in [2.05, 4.69) is 10.3 Å². The highest BCUT2D eigenvalue weighted by Gasteiger charge is 2.14. The summed E-state index contributed by atoms with van der Waals surface area (Å²) < 4.78 is 7.14. The van der Waals surface area contributed by atoms with Crippen LogP contribution >= 0.6 is 0 Å². The van der Waals surface area contributed by atoms with Gasteiger partial charge in [-0.1, -0.05) is 17.3 Å². The second-order valence-corrected chi connectivity index (χ2v) is 4.40. The van der Waals surface area contributed by atoms with Crippen molar-refractivity contribution in [3.05, 3.63) is 47.4 Å². The molecule has 3 N–H and O–H groups in total. The summed E-state index contributed by atoms with van der Waals surface area (Å²) in [5, 5.41) is 8.19. The smallest absolute Gasteiger partial charge is 0.300 e. The lowest BCUT2D eigenvalue weighted by Crippen LogP contribution is -2.29. The van der Waals surface area contributed by atoms with E-state index in [0.717, 1.165) is 16.6 Å². The highest BCUT2D eigenvalue weighted by molar-refractivity contribution is 5.91. The van der Waals surface area contributed by atoms with Gasteiger partial charge in [-0.15, -0.1) is 5.10 Å². The van der Waals surface area contributed by atoms with Crippen LogP contribution in [0.4, 0.5) is 0 Å². The molecule has 0 fully saturated rings. The summed E-state index contributed by atoms with van der Waals surface area (Å²) in [7, 11) is 0. The number of benzene rings is 1. The highest BCUT2D eigenvalue weighted by atomic mass is 16.4. The van der Waals surface area contributed by atoms with E-state index < -0.39 is 5.91 Å². The molecule has 2 heterocycles. The second-order valence-electron chi connectivity index (χ2n) is 4.40. The fraction of sp³-hybridized carbons (Fsp3) is 0.154. The quantitative estimate of drug-likeness (QED) is 0.420. The summed E-state index contributed by atoms with van der Waals surface area (Å²) in [4.78, 5) is 11.4. The normalized spacial score (nSPS) is 10.9. The molecule has 0 atom stereocenters. The number of nitrogens with one attached hydrogen (secondary N) is 1. The second kappa shape index (κ2) is 4.78. The average molecular weight is 271 g/mol. The number of carbonyl (C=O) groups excluding carboxylic acids is 1. The number of nitrogen functional groups attached to an aromatic ring is 1. The van der Waals surface area contributed by atoms with Crippen LogP contribution in [0, 0.1) is 6.92 Å². The lowest BCUT2D eigenvalue weighted by molar-refractivity contribution is 0.0924. The molecule has 3 aromatic rings. The predicted octanol–water partition coefficient (Wildman–Crippen LogP) is 0.985. The third-order valence-electron chi connectivity index (χ3n) is 3.12. The van der Waals surface area contributed by atoms with Gasteiger partial charge in [-0.25, -0.2) is 10.5 Å². The van der Waals surface area contributed by atoms with Crippen molar-refractivity contribution in [1.29, 1.82) is 0 Å². The van der Waals surface area contributed by atoms with Gasteiger partial charge in [0, 0.05) is 5.56 Å². The summed E-state index contributed by atoms with van der Waals surface area (Å²) in [6.45, 7) is 2.27. The van der Waals surface area contributed by atoms with Gasteiger partial charge >= 0.3 is 5.91 Å². The van der Waals surface area contributed by atoms with Crippen LogP contribution in [-0.2, 0) is 6.54 Å². The van der Waals surface area contributed by atoms with Gasteiger partial charge in [0.2, 0.25) is 0 Å². The first kappa shape index (κ1) is 12.4. The molecule has 0 aliphatic carbocycles. The molecule has 2 aromatic heterocycles. The minimum Gasteiger partial charge on any atom is -0.456 e. The maximum absolute atomic E-state index is 11.4. The first-order chi connectivity index (χ1) is 9.69. The molecule has 1 aromatic carbocycles. The summed E-state index contributed by atoms with van der Waals surface area (Å²) in [6, 6.07) is 9.34. The maximum Gasteiger partial charge on any atom is 0.300 e. The fourth-order valence-corrected chi connectivity index (χ4v) is 2.06. The Morgan fingerprint density at radius 1 is 1.45 bits per heavy atom. The Morgan fingerprint density at radius 2 is 2.25 bits per heavy atom. The molecular weight excluding hydrogens is 258 g/mol. The lowest BCUT2D eigenvalue weighted by Gasteiger charge is -2.00. The highest BCUT2D eigenvalue weighted by Crippen LogP contribution is 2.18. The topological polar surface area (TPSA) is 99.0 Å². The Balaban J connectivity index is 1.95. The molecule has 0 unspecified atom stereocenters. The summed E-state index contributed by atoms with van der Waals surface area (Å²) >= 11 is 0. The minimum absolute atomic E-state index is 0.185. The zero-order valence-corrected chi connectivity index (χ0v) is 10.8. The Kier molecular flexibility index (Phi) is 2.96. The van der Waals surface area contributed by atoms with Crippen molar-refractivity contribution in [3.63, 3.8) is 0 Å². The number of amides is 1. The molecule has 3 rings (SSSR count). The summed E-state index contributed by atoms with van der Waals surface area (Å²) in [6.07, 6.45) is 0. The van der Waals surface area contributed by atoms with Crippen molar-refractivity contribution < 1.29 is 9.21 Å². The van der Waals surface area contributed by atoms with E-state index in [1.54, 1.807) is 17.7 Å². The number of furan rings is 1. The largest absolute Gasteiger partial charge is 0.456 e. The van der Waals surface area contributed by atoms with Crippen molar-refractivity contribution in [3.8, 4) is 0 Å². The van der Waals surface area contributed by atoms with Crippen LogP contribution in [0.3, 0.4) is 0 Å². The molecule has 0 aliphatic heterocycles. The third-order valence-corrected chi connectivity index (χ3v) is 3.12. The van der Waals surface area contributed by atoms with Crippen LogP contribution in [0.5, 0.6) is 0 Å². The van der Waals surface area contributed by atoms with Gasteiger partial charge in [0.15, 0.2) is 5.76 Å². The van der Waals surface area contributed by atoms with E-state index in [9.17, 15) is 4.79 Å². The Hall–Kier alpha value is -2.67. The first-order valence-electron chi connectivity index (χ1n) is 6.07. The van der Waals surface area contributed by atoms with Crippen molar-refractivity contribution in [1.82, 2.24) is 20.4 Å². The van der Waals surface area contributed by atoms with E-state index in [-0.39, 0.29) is 5.76 Å². The Bertz CT molecular complexity index is 774. The standard InChI is InChI=1S/C13H13N5O2/c1-8-9(6-12(20-8)13(19)15-14)7-18-11-5-3-2-4-10(11)16-17-18/h2-6H,7,14H2,1H3,(H,15,19). The van der Waals surface area contributed by atoms with Crippen LogP contribution < -0.4 is 11.3 Å². The van der Waals surface area contributed by atoms with Crippen molar-refractivity contribution in [2.75, 3.05) is 0 Å². The maximum atomic E-state index is 11.4. The van der Waals surface area contributed by atoms with Gasteiger partial charge in [0.05, 0.1) is 12.1 Å².